The Bertz CT molecular complexity index is 185. The summed E-state index contributed by atoms with van der Waals surface area (Å²) < 4.78 is 0. The fourth-order valence-electron chi connectivity index (χ4n) is 0.704. The highest BCUT2D eigenvalue weighted by Crippen LogP contribution is 1.98. The predicted octanol–water partition coefficient (Wildman–Crippen LogP) is -0.417. The number of carbonyl (C=O) groups is 2. The number of nitrogens with one attached hydrogen (secondary N) is 1. The van der Waals surface area contributed by atoms with Gasteiger partial charge in [-0.2, -0.15) is 12.6 Å². The summed E-state index contributed by atoms with van der Waals surface area (Å²) in [5.41, 5.74) is 5.56. The zero-order valence-corrected chi connectivity index (χ0v) is 8.75. The first-order valence-corrected chi connectivity index (χ1v) is 4.78. The fourth-order valence-corrected chi connectivity index (χ4v) is 0.882. The average molecular weight is 204 g/mol. The lowest BCUT2D eigenvalue weighted by Crippen LogP contribution is -2.48. The molecule has 0 heterocycles. The number of thiol groups is 1. The molecular formula is C8H16N2O2S. The number of hydrogen-bond acceptors (Lipinski definition) is 4. The minimum absolute atomic E-state index is 0.0622. The van der Waals surface area contributed by atoms with Crippen LogP contribution in [0.1, 0.15) is 13.8 Å². The van der Waals surface area contributed by atoms with Crippen LogP contribution in [0.25, 0.3) is 0 Å². The van der Waals surface area contributed by atoms with Crippen LogP contribution in [-0.2, 0) is 9.59 Å². The molecule has 0 aromatic rings. The van der Waals surface area contributed by atoms with Crippen LogP contribution in [0.15, 0.2) is 0 Å². The van der Waals surface area contributed by atoms with E-state index in [0.29, 0.717) is 12.0 Å². The molecule has 2 atom stereocenters. The summed E-state index contributed by atoms with van der Waals surface area (Å²) in [5, 5.41) is 2.49. The summed E-state index contributed by atoms with van der Waals surface area (Å²) in [4.78, 5) is 21.6. The Kier molecular flexibility index (Phi) is 5.73. The summed E-state index contributed by atoms with van der Waals surface area (Å²) in [6.45, 7) is 3.70. The first-order chi connectivity index (χ1) is 6.02. The molecule has 0 aromatic carbocycles. The lowest BCUT2D eigenvalue weighted by molar-refractivity contribution is -0.125. The fraction of sp³-hybridized carbons (Fsp3) is 0.750. The second-order valence-electron chi connectivity index (χ2n) is 3.20. The van der Waals surface area contributed by atoms with Crippen molar-refractivity contribution in [2.45, 2.75) is 25.9 Å². The van der Waals surface area contributed by atoms with Crippen LogP contribution in [0.4, 0.5) is 0 Å². The molecule has 0 aromatic heterocycles. The molecular weight excluding hydrogens is 188 g/mol. The number of amides is 1. The Balaban J connectivity index is 4.05. The van der Waals surface area contributed by atoms with E-state index in [1.54, 1.807) is 0 Å². The molecule has 0 aliphatic heterocycles. The van der Waals surface area contributed by atoms with E-state index in [4.69, 9.17) is 5.73 Å². The molecule has 1 amide bonds. The molecule has 76 valence electrons. The molecule has 0 fully saturated rings. The molecule has 0 aliphatic rings. The van der Waals surface area contributed by atoms with Crippen LogP contribution in [0.2, 0.25) is 0 Å². The van der Waals surface area contributed by atoms with Crippen LogP contribution in [-0.4, -0.2) is 30.0 Å². The van der Waals surface area contributed by atoms with E-state index < -0.39 is 12.1 Å². The van der Waals surface area contributed by atoms with Gasteiger partial charge in [-0.15, -0.1) is 0 Å². The van der Waals surface area contributed by atoms with Gasteiger partial charge in [0.05, 0.1) is 12.1 Å². The molecule has 0 saturated heterocycles. The van der Waals surface area contributed by atoms with Gasteiger partial charge >= 0.3 is 0 Å². The van der Waals surface area contributed by atoms with E-state index in [0.717, 1.165) is 0 Å². The predicted molar refractivity (Wildman–Crippen MR) is 54.7 cm³/mol. The SMILES string of the molecule is CC(C)[C@@H](N)C(=O)NC(C=O)CS. The minimum Gasteiger partial charge on any atom is -0.344 e. The van der Waals surface area contributed by atoms with Crippen molar-refractivity contribution in [3.63, 3.8) is 0 Å². The molecule has 0 aliphatic carbocycles. The van der Waals surface area contributed by atoms with Gasteiger partial charge in [0.2, 0.25) is 5.91 Å². The smallest absolute Gasteiger partial charge is 0.237 e. The maximum absolute atomic E-state index is 11.3. The average Bonchev–Trinajstić information content (AvgIpc) is 2.12. The lowest BCUT2D eigenvalue weighted by atomic mass is 10.0. The van der Waals surface area contributed by atoms with Crippen LogP contribution in [0.3, 0.4) is 0 Å². The largest absolute Gasteiger partial charge is 0.344 e. The maximum Gasteiger partial charge on any atom is 0.237 e. The molecule has 0 radical (unpaired) electrons. The molecule has 1 unspecified atom stereocenters. The summed E-state index contributed by atoms with van der Waals surface area (Å²) in [6, 6.07) is -1.11. The number of carbonyl (C=O) groups excluding carboxylic acids is 2. The van der Waals surface area contributed by atoms with E-state index in [1.807, 2.05) is 13.8 Å². The van der Waals surface area contributed by atoms with Gasteiger partial charge in [0.1, 0.15) is 6.29 Å². The van der Waals surface area contributed by atoms with Gasteiger partial charge in [0.15, 0.2) is 0 Å². The molecule has 0 rings (SSSR count). The van der Waals surface area contributed by atoms with Crippen LogP contribution in [0, 0.1) is 5.92 Å². The molecule has 5 heteroatoms. The van der Waals surface area contributed by atoms with Crippen LogP contribution < -0.4 is 11.1 Å². The van der Waals surface area contributed by atoms with Crippen molar-refractivity contribution in [1.29, 1.82) is 0 Å². The van der Waals surface area contributed by atoms with E-state index >= 15 is 0 Å². The summed E-state index contributed by atoms with van der Waals surface area (Å²) >= 11 is 3.90. The summed E-state index contributed by atoms with van der Waals surface area (Å²) in [6.07, 6.45) is 0.651. The third-order valence-corrected chi connectivity index (χ3v) is 2.10. The topological polar surface area (TPSA) is 72.2 Å². The van der Waals surface area contributed by atoms with Gasteiger partial charge in [0, 0.05) is 5.75 Å². The monoisotopic (exact) mass is 204 g/mol. The zero-order chi connectivity index (χ0) is 10.4. The summed E-state index contributed by atoms with van der Waals surface area (Å²) in [7, 11) is 0. The van der Waals surface area contributed by atoms with Crippen molar-refractivity contribution in [3.8, 4) is 0 Å². The number of aldehydes is 1. The maximum atomic E-state index is 11.3. The Hall–Kier alpha value is -0.550. The van der Waals surface area contributed by atoms with Crippen molar-refractivity contribution in [3.05, 3.63) is 0 Å². The van der Waals surface area contributed by atoms with Crippen molar-refractivity contribution in [1.82, 2.24) is 5.32 Å². The first kappa shape index (κ1) is 12.4. The number of rotatable bonds is 5. The van der Waals surface area contributed by atoms with Gasteiger partial charge in [0.25, 0.3) is 0 Å². The third-order valence-electron chi connectivity index (χ3n) is 1.71. The normalized spacial score (nSPS) is 15.2. The van der Waals surface area contributed by atoms with E-state index in [1.165, 1.54) is 0 Å². The second kappa shape index (κ2) is 5.99. The van der Waals surface area contributed by atoms with Crippen molar-refractivity contribution in [2.75, 3.05) is 5.75 Å². The van der Waals surface area contributed by atoms with E-state index in [2.05, 4.69) is 17.9 Å². The van der Waals surface area contributed by atoms with E-state index in [9.17, 15) is 9.59 Å². The molecule has 13 heavy (non-hydrogen) atoms. The molecule has 0 saturated carbocycles. The molecule has 4 nitrogen and oxygen atoms in total. The van der Waals surface area contributed by atoms with Crippen LogP contribution in [0.5, 0.6) is 0 Å². The third kappa shape index (κ3) is 4.28. The van der Waals surface area contributed by atoms with Crippen molar-refractivity contribution < 1.29 is 9.59 Å². The number of nitrogens with two attached hydrogens (primary N) is 1. The van der Waals surface area contributed by atoms with Gasteiger partial charge in [-0.3, -0.25) is 4.79 Å². The van der Waals surface area contributed by atoms with E-state index in [-0.39, 0.29) is 11.8 Å². The zero-order valence-electron chi connectivity index (χ0n) is 7.86. The second-order valence-corrected chi connectivity index (χ2v) is 3.57. The lowest BCUT2D eigenvalue weighted by Gasteiger charge is -2.17. The Morgan fingerprint density at radius 2 is 2.15 bits per heavy atom. The van der Waals surface area contributed by atoms with Gasteiger partial charge in [-0.1, -0.05) is 13.8 Å². The molecule has 3 N–H and O–H groups in total. The minimum atomic E-state index is -0.567. The molecule has 0 bridgehead atoms. The Morgan fingerprint density at radius 1 is 1.62 bits per heavy atom. The Labute approximate surface area is 83.7 Å². The van der Waals surface area contributed by atoms with Gasteiger partial charge in [-0.05, 0) is 5.92 Å². The van der Waals surface area contributed by atoms with Crippen molar-refractivity contribution >= 4 is 24.8 Å². The van der Waals surface area contributed by atoms with Crippen molar-refractivity contribution in [2.24, 2.45) is 11.7 Å². The Morgan fingerprint density at radius 3 is 2.46 bits per heavy atom. The highest BCUT2D eigenvalue weighted by Gasteiger charge is 2.19. The quantitative estimate of drug-likeness (QED) is 0.421. The highest BCUT2D eigenvalue weighted by atomic mass is 32.1. The van der Waals surface area contributed by atoms with Crippen LogP contribution >= 0.6 is 12.6 Å². The highest BCUT2D eigenvalue weighted by molar-refractivity contribution is 7.80. The molecule has 0 spiro atoms. The van der Waals surface area contributed by atoms with Gasteiger partial charge in [-0.25, -0.2) is 0 Å². The standard InChI is InChI=1S/C8H16N2O2S/c1-5(2)7(9)8(12)10-6(3-11)4-13/h3,5-7,13H,4,9H2,1-2H3,(H,10,12)/t6?,7-/m1/s1. The summed E-state index contributed by atoms with van der Waals surface area (Å²) in [5.74, 6) is 0.0495. The number of hydrogen-bond donors (Lipinski definition) is 3. The first-order valence-electron chi connectivity index (χ1n) is 4.15. The van der Waals surface area contributed by atoms with Gasteiger partial charge < -0.3 is 15.8 Å².